The fraction of sp³-hybridized carbons (Fsp3) is 0.0154. The average Bonchev–Trinajstić information content (AvgIpc) is 4.03. The maximum atomic E-state index is 2.59. The van der Waals surface area contributed by atoms with Crippen LogP contribution in [0.15, 0.2) is 249 Å². The molecule has 1 heterocycles. The summed E-state index contributed by atoms with van der Waals surface area (Å²) in [7, 11) is 0. The molecule has 14 rings (SSSR count). The van der Waals surface area contributed by atoms with Gasteiger partial charge in [-0.2, -0.15) is 0 Å². The van der Waals surface area contributed by atoms with E-state index in [4.69, 9.17) is 0 Å². The molecule has 0 bridgehead atoms. The minimum absolute atomic E-state index is 0.504. The van der Waals surface area contributed by atoms with E-state index in [0.717, 1.165) is 11.4 Å². The van der Waals surface area contributed by atoms with Crippen molar-refractivity contribution in [3.8, 4) is 55.6 Å². The predicted molar refractivity (Wildman–Crippen MR) is 284 cm³/mol. The molecule has 0 saturated carbocycles. The van der Waals surface area contributed by atoms with E-state index < -0.39 is 5.41 Å². The van der Waals surface area contributed by atoms with E-state index in [0.29, 0.717) is 0 Å². The van der Waals surface area contributed by atoms with Crippen molar-refractivity contribution < 1.29 is 0 Å². The van der Waals surface area contributed by atoms with Gasteiger partial charge in [0.25, 0.3) is 0 Å². The van der Waals surface area contributed by atoms with Crippen LogP contribution in [0.2, 0.25) is 0 Å². The first kappa shape index (κ1) is 38.0. The molecule has 1 aromatic heterocycles. The number of hydrogen-bond donors (Lipinski definition) is 0. The summed E-state index contributed by atoms with van der Waals surface area (Å²) in [4.78, 5) is 2.59. The molecule has 0 aliphatic heterocycles. The molecule has 2 aliphatic carbocycles. The number of thiophene rings is 1. The second-order valence-corrected chi connectivity index (χ2v) is 18.9. The second kappa shape index (κ2) is 14.9. The van der Waals surface area contributed by atoms with Gasteiger partial charge in [-0.3, -0.25) is 0 Å². The first-order valence-electron chi connectivity index (χ1n) is 23.2. The second-order valence-electron chi connectivity index (χ2n) is 17.9. The Bertz CT molecular complexity index is 3870. The molecule has 1 spiro atoms. The van der Waals surface area contributed by atoms with Crippen LogP contribution in [0.1, 0.15) is 22.3 Å². The lowest BCUT2D eigenvalue weighted by Gasteiger charge is -2.33. The molecule has 11 aromatic carbocycles. The maximum Gasteiger partial charge on any atom is 0.0726 e. The van der Waals surface area contributed by atoms with Crippen LogP contribution < -0.4 is 4.90 Å². The SMILES string of the molecule is c1ccc(-c2ccc(N(c3ccccc3-c3cc(-c4ccccc4)c4sc5ccccc5c4c3)c3c4c(cc5ccccc35)C3(c5ccccc5-c5ccccc53)c3ccccc3-4)cc2)cc1. The van der Waals surface area contributed by atoms with Gasteiger partial charge in [-0.05, 0) is 109 Å². The molecule has 0 unspecified atom stereocenters. The van der Waals surface area contributed by atoms with Gasteiger partial charge in [-0.1, -0.05) is 206 Å². The van der Waals surface area contributed by atoms with Crippen molar-refractivity contribution in [1.29, 1.82) is 0 Å². The summed E-state index contributed by atoms with van der Waals surface area (Å²) in [6, 6.07) is 92.7. The summed E-state index contributed by atoms with van der Waals surface area (Å²) >= 11 is 1.89. The molecule has 312 valence electrons. The van der Waals surface area contributed by atoms with Crippen LogP contribution in [0.4, 0.5) is 17.1 Å². The van der Waals surface area contributed by atoms with E-state index in [1.165, 1.54) is 115 Å². The van der Waals surface area contributed by atoms with Crippen LogP contribution in [0, 0.1) is 0 Å². The maximum absolute atomic E-state index is 2.59. The quantitative estimate of drug-likeness (QED) is 0.161. The smallest absolute Gasteiger partial charge is 0.0726 e. The normalized spacial score (nSPS) is 12.9. The molecule has 67 heavy (non-hydrogen) atoms. The zero-order chi connectivity index (χ0) is 44.1. The molecule has 0 N–H and O–H groups in total. The topological polar surface area (TPSA) is 3.24 Å². The van der Waals surface area contributed by atoms with E-state index in [-0.39, 0.29) is 0 Å². The van der Waals surface area contributed by atoms with Crippen LogP contribution in [0.3, 0.4) is 0 Å². The number of hydrogen-bond acceptors (Lipinski definition) is 2. The van der Waals surface area contributed by atoms with Crippen molar-refractivity contribution >= 4 is 59.3 Å². The van der Waals surface area contributed by atoms with E-state index in [2.05, 4.69) is 254 Å². The van der Waals surface area contributed by atoms with Gasteiger partial charge in [0.15, 0.2) is 0 Å². The Morgan fingerprint density at radius 3 is 1.58 bits per heavy atom. The fourth-order valence-electron chi connectivity index (χ4n) is 11.7. The van der Waals surface area contributed by atoms with Crippen molar-refractivity contribution in [2.75, 3.05) is 4.90 Å². The summed E-state index contributed by atoms with van der Waals surface area (Å²) in [6.45, 7) is 0. The first-order chi connectivity index (χ1) is 33.3. The third kappa shape index (κ3) is 5.54. The van der Waals surface area contributed by atoms with Gasteiger partial charge in [0.2, 0.25) is 0 Å². The molecule has 1 nitrogen and oxygen atoms in total. The summed E-state index contributed by atoms with van der Waals surface area (Å²) in [5.41, 5.74) is 20.6. The van der Waals surface area contributed by atoms with Crippen LogP contribution in [0.25, 0.3) is 86.6 Å². The Morgan fingerprint density at radius 2 is 0.866 bits per heavy atom. The summed E-state index contributed by atoms with van der Waals surface area (Å²) < 4.78 is 2.61. The summed E-state index contributed by atoms with van der Waals surface area (Å²) in [5, 5.41) is 4.99. The highest BCUT2D eigenvalue weighted by molar-refractivity contribution is 7.26. The molecular weight excluding hydrogens is 827 g/mol. The Hall–Kier alpha value is -8.30. The molecule has 0 saturated heterocycles. The fourth-order valence-corrected chi connectivity index (χ4v) is 12.9. The summed E-state index contributed by atoms with van der Waals surface area (Å²) in [5.74, 6) is 0. The van der Waals surface area contributed by atoms with Gasteiger partial charge < -0.3 is 4.90 Å². The monoisotopic (exact) mass is 867 g/mol. The Morgan fingerprint density at radius 1 is 0.328 bits per heavy atom. The van der Waals surface area contributed by atoms with Gasteiger partial charge in [0.05, 0.1) is 16.8 Å². The van der Waals surface area contributed by atoms with Gasteiger partial charge >= 0.3 is 0 Å². The Balaban J connectivity index is 1.10. The highest BCUT2D eigenvalue weighted by Crippen LogP contribution is 2.66. The van der Waals surface area contributed by atoms with E-state index in [1.807, 2.05) is 11.3 Å². The van der Waals surface area contributed by atoms with Crippen LogP contribution in [0.5, 0.6) is 0 Å². The van der Waals surface area contributed by atoms with Crippen LogP contribution in [-0.4, -0.2) is 0 Å². The molecule has 0 radical (unpaired) electrons. The average molecular weight is 868 g/mol. The van der Waals surface area contributed by atoms with Crippen LogP contribution >= 0.6 is 11.3 Å². The minimum Gasteiger partial charge on any atom is -0.309 e. The Kier molecular flexibility index (Phi) is 8.44. The van der Waals surface area contributed by atoms with Crippen molar-refractivity contribution in [3.63, 3.8) is 0 Å². The lowest BCUT2D eigenvalue weighted by atomic mass is 9.70. The van der Waals surface area contributed by atoms with Crippen molar-refractivity contribution in [3.05, 3.63) is 271 Å². The summed E-state index contributed by atoms with van der Waals surface area (Å²) in [6.07, 6.45) is 0. The van der Waals surface area contributed by atoms with Gasteiger partial charge in [0.1, 0.15) is 0 Å². The number of benzene rings is 11. The van der Waals surface area contributed by atoms with E-state index >= 15 is 0 Å². The standard InChI is InChI=1S/C65H41NS/c1-3-19-42(20-4-1)43-35-37-47(38-36-43)66(60-33-17-12-24-48(60)46-39-54(44-21-5-2-6-22-44)64-55(40-46)52-28-13-18-34-61(52)67-64)63-49-25-8-7-23-45(49)41-59-62(63)53-29-11-16-32-58(53)65(59)56-30-14-9-26-50(56)51-27-10-15-31-57(51)65/h1-41H. The van der Waals surface area contributed by atoms with E-state index in [9.17, 15) is 0 Å². The van der Waals surface area contributed by atoms with Gasteiger partial charge in [-0.25, -0.2) is 0 Å². The molecule has 0 fully saturated rings. The largest absolute Gasteiger partial charge is 0.309 e. The molecule has 2 aliphatic rings. The van der Waals surface area contributed by atoms with E-state index in [1.54, 1.807) is 0 Å². The minimum atomic E-state index is -0.504. The molecule has 2 heteroatoms. The molecular formula is C65H41NS. The number of fused-ring (bicyclic) bond motifs is 14. The van der Waals surface area contributed by atoms with Gasteiger partial charge in [-0.15, -0.1) is 11.3 Å². The molecule has 0 atom stereocenters. The third-order valence-corrected chi connectivity index (χ3v) is 15.7. The molecule has 0 amide bonds. The third-order valence-electron chi connectivity index (χ3n) is 14.5. The zero-order valence-electron chi connectivity index (χ0n) is 36.5. The zero-order valence-corrected chi connectivity index (χ0v) is 37.3. The van der Waals surface area contributed by atoms with Crippen molar-refractivity contribution in [2.24, 2.45) is 0 Å². The van der Waals surface area contributed by atoms with Crippen molar-refractivity contribution in [2.45, 2.75) is 5.41 Å². The van der Waals surface area contributed by atoms with Crippen LogP contribution in [-0.2, 0) is 5.41 Å². The van der Waals surface area contributed by atoms with Gasteiger partial charge in [0, 0.05) is 47.9 Å². The number of anilines is 3. The number of nitrogens with zero attached hydrogens (tertiary/aromatic N) is 1. The Labute approximate surface area is 394 Å². The highest BCUT2D eigenvalue weighted by Gasteiger charge is 2.52. The lowest BCUT2D eigenvalue weighted by Crippen LogP contribution is -2.26. The predicted octanol–water partition coefficient (Wildman–Crippen LogP) is 18.0. The van der Waals surface area contributed by atoms with Crippen molar-refractivity contribution in [1.82, 2.24) is 0 Å². The highest BCUT2D eigenvalue weighted by atomic mass is 32.1. The first-order valence-corrected chi connectivity index (χ1v) is 24.0. The lowest BCUT2D eigenvalue weighted by molar-refractivity contribution is 0.795. The number of rotatable bonds is 6. The molecule has 12 aromatic rings. The number of para-hydroxylation sites is 1.